The quantitative estimate of drug-likeness (QED) is 0.767. The van der Waals surface area contributed by atoms with Crippen LogP contribution >= 0.6 is 0 Å². The average Bonchev–Trinajstić information content (AvgIpc) is 2.58. The summed E-state index contributed by atoms with van der Waals surface area (Å²) in [5.74, 6) is -0.0258. The van der Waals surface area contributed by atoms with Crippen LogP contribution in [0.4, 0.5) is 13.2 Å². The molecule has 140 valence electrons. The second-order valence-electron chi connectivity index (χ2n) is 6.74. The van der Waals surface area contributed by atoms with Crippen molar-refractivity contribution < 1.29 is 18.0 Å². The number of carbonyl (C=O) groups is 1. The van der Waals surface area contributed by atoms with Crippen molar-refractivity contribution in [2.45, 2.75) is 39.0 Å². The van der Waals surface area contributed by atoms with Crippen molar-refractivity contribution in [3.63, 3.8) is 0 Å². The Hall–Kier alpha value is -2.34. The number of hydrogen-bond donors (Lipinski definition) is 2. The van der Waals surface area contributed by atoms with E-state index in [1.807, 2.05) is 38.1 Å². The fraction of sp³-hybridized carbons (Fsp3) is 0.350. The molecule has 0 aliphatic heterocycles. The number of rotatable bonds is 7. The molecule has 0 spiro atoms. The highest BCUT2D eigenvalue weighted by Crippen LogP contribution is 2.31. The zero-order valence-corrected chi connectivity index (χ0v) is 14.8. The molecule has 0 bridgehead atoms. The molecule has 0 radical (unpaired) electrons. The molecule has 1 unspecified atom stereocenters. The molecule has 0 heterocycles. The summed E-state index contributed by atoms with van der Waals surface area (Å²) in [4.78, 5) is 11.5. The van der Waals surface area contributed by atoms with E-state index in [1.165, 1.54) is 12.1 Å². The van der Waals surface area contributed by atoms with Crippen molar-refractivity contribution in [3.8, 4) is 11.1 Å². The van der Waals surface area contributed by atoms with Gasteiger partial charge in [0, 0.05) is 6.54 Å². The van der Waals surface area contributed by atoms with Crippen LogP contribution < -0.4 is 11.1 Å². The van der Waals surface area contributed by atoms with Crippen LogP contribution in [0.5, 0.6) is 0 Å². The topological polar surface area (TPSA) is 55.1 Å². The minimum atomic E-state index is -4.33. The van der Waals surface area contributed by atoms with E-state index in [2.05, 4.69) is 5.32 Å². The molecule has 6 heteroatoms. The molecule has 0 aliphatic rings. The number of primary amides is 1. The largest absolute Gasteiger partial charge is 0.416 e. The normalized spacial score (nSPS) is 13.0. The Kier molecular flexibility index (Phi) is 6.42. The third-order valence-corrected chi connectivity index (χ3v) is 4.10. The molecule has 0 fully saturated rings. The van der Waals surface area contributed by atoms with Gasteiger partial charge in [0.1, 0.15) is 0 Å². The maximum absolute atomic E-state index is 12.6. The molecule has 3 N–H and O–H groups in total. The molecule has 1 amide bonds. The van der Waals surface area contributed by atoms with Gasteiger partial charge in [0.15, 0.2) is 0 Å². The molecule has 0 aromatic heterocycles. The monoisotopic (exact) mass is 364 g/mol. The summed E-state index contributed by atoms with van der Waals surface area (Å²) in [6.45, 7) is 4.54. The van der Waals surface area contributed by atoms with Gasteiger partial charge < -0.3 is 11.1 Å². The van der Waals surface area contributed by atoms with E-state index >= 15 is 0 Å². The molecular weight excluding hydrogens is 341 g/mol. The van der Waals surface area contributed by atoms with Crippen molar-refractivity contribution in [2.24, 2.45) is 11.7 Å². The Bertz CT molecular complexity index is 722. The van der Waals surface area contributed by atoms with Crippen molar-refractivity contribution in [1.29, 1.82) is 0 Å². The molecule has 2 rings (SSSR count). The molecule has 1 atom stereocenters. The maximum Gasteiger partial charge on any atom is 0.416 e. The number of nitrogens with two attached hydrogens (primary N) is 1. The second kappa shape index (κ2) is 8.36. The van der Waals surface area contributed by atoms with Gasteiger partial charge >= 0.3 is 6.18 Å². The Balaban J connectivity index is 2.02. The summed E-state index contributed by atoms with van der Waals surface area (Å²) in [5.41, 5.74) is 7.26. The highest BCUT2D eigenvalue weighted by molar-refractivity contribution is 5.79. The van der Waals surface area contributed by atoms with Gasteiger partial charge in [-0.05, 0) is 41.2 Å². The van der Waals surface area contributed by atoms with Gasteiger partial charge in [-0.15, -0.1) is 0 Å². The Morgan fingerprint density at radius 2 is 1.50 bits per heavy atom. The summed E-state index contributed by atoms with van der Waals surface area (Å²) in [5, 5.41) is 3.15. The van der Waals surface area contributed by atoms with Crippen LogP contribution in [0.2, 0.25) is 0 Å². The van der Waals surface area contributed by atoms with Gasteiger partial charge in [0.25, 0.3) is 0 Å². The molecule has 26 heavy (non-hydrogen) atoms. The lowest BCUT2D eigenvalue weighted by Crippen LogP contribution is -2.41. The first-order chi connectivity index (χ1) is 12.2. The van der Waals surface area contributed by atoms with E-state index in [1.54, 1.807) is 0 Å². The minimum Gasteiger partial charge on any atom is -0.368 e. The first-order valence-corrected chi connectivity index (χ1v) is 8.46. The van der Waals surface area contributed by atoms with Crippen molar-refractivity contribution in [3.05, 3.63) is 59.7 Å². The molecule has 2 aromatic rings. The lowest BCUT2D eigenvalue weighted by Gasteiger charge is -2.17. The smallest absolute Gasteiger partial charge is 0.368 e. The van der Waals surface area contributed by atoms with Crippen molar-refractivity contribution in [1.82, 2.24) is 5.32 Å². The number of carbonyl (C=O) groups excluding carboxylic acids is 1. The van der Waals surface area contributed by atoms with Gasteiger partial charge in [-0.3, -0.25) is 4.79 Å². The lowest BCUT2D eigenvalue weighted by molar-refractivity contribution is -0.137. The zero-order valence-electron chi connectivity index (χ0n) is 14.8. The van der Waals surface area contributed by atoms with Gasteiger partial charge in [-0.2, -0.15) is 13.2 Å². The molecule has 0 saturated carbocycles. The number of amides is 1. The fourth-order valence-electron chi connectivity index (χ4n) is 2.68. The van der Waals surface area contributed by atoms with Gasteiger partial charge in [0.2, 0.25) is 5.91 Å². The number of alkyl halides is 3. The Morgan fingerprint density at radius 3 is 1.92 bits per heavy atom. The highest BCUT2D eigenvalue weighted by atomic mass is 19.4. The number of hydrogen-bond acceptors (Lipinski definition) is 2. The fourth-order valence-corrected chi connectivity index (χ4v) is 2.68. The van der Waals surface area contributed by atoms with Crippen molar-refractivity contribution in [2.75, 3.05) is 0 Å². The molecular formula is C20H23F3N2O. The molecule has 0 aliphatic carbocycles. The van der Waals surface area contributed by atoms with Crippen LogP contribution in [0.25, 0.3) is 11.1 Å². The Labute approximate surface area is 151 Å². The summed E-state index contributed by atoms with van der Waals surface area (Å²) >= 11 is 0. The van der Waals surface area contributed by atoms with E-state index in [-0.39, 0.29) is 11.9 Å². The van der Waals surface area contributed by atoms with Crippen LogP contribution in [0, 0.1) is 5.92 Å². The summed E-state index contributed by atoms with van der Waals surface area (Å²) in [6.07, 6.45) is -3.67. The van der Waals surface area contributed by atoms with Gasteiger partial charge in [0.05, 0.1) is 11.6 Å². The van der Waals surface area contributed by atoms with Crippen LogP contribution in [-0.4, -0.2) is 11.9 Å². The summed E-state index contributed by atoms with van der Waals surface area (Å²) < 4.78 is 37.9. The van der Waals surface area contributed by atoms with Crippen LogP contribution in [0.15, 0.2) is 48.5 Å². The third-order valence-electron chi connectivity index (χ3n) is 4.10. The van der Waals surface area contributed by atoms with E-state index < -0.39 is 11.7 Å². The number of benzene rings is 2. The van der Waals surface area contributed by atoms with Crippen LogP contribution in [0.1, 0.15) is 31.4 Å². The van der Waals surface area contributed by atoms with E-state index in [0.29, 0.717) is 24.4 Å². The SMILES string of the molecule is CC(C)CC(NCc1ccc(-c2ccc(C(F)(F)F)cc2)cc1)C(N)=O. The first-order valence-electron chi connectivity index (χ1n) is 8.46. The second-order valence-corrected chi connectivity index (χ2v) is 6.74. The maximum atomic E-state index is 12.6. The van der Waals surface area contributed by atoms with Crippen LogP contribution in [0.3, 0.4) is 0 Å². The van der Waals surface area contributed by atoms with Gasteiger partial charge in [-0.1, -0.05) is 50.2 Å². The van der Waals surface area contributed by atoms with Gasteiger partial charge in [-0.25, -0.2) is 0 Å². The third kappa shape index (κ3) is 5.59. The van der Waals surface area contributed by atoms with Crippen molar-refractivity contribution >= 4 is 5.91 Å². The van der Waals surface area contributed by atoms with E-state index in [4.69, 9.17) is 5.73 Å². The predicted molar refractivity (Wildman–Crippen MR) is 96.2 cm³/mol. The van der Waals surface area contributed by atoms with Crippen LogP contribution in [-0.2, 0) is 17.5 Å². The Morgan fingerprint density at radius 1 is 1.00 bits per heavy atom. The number of nitrogens with one attached hydrogen (secondary N) is 1. The molecule has 0 saturated heterocycles. The molecule has 2 aromatic carbocycles. The number of halogens is 3. The van der Waals surface area contributed by atoms with E-state index in [0.717, 1.165) is 23.3 Å². The standard InChI is InChI=1S/C20H23F3N2O/c1-13(2)11-18(19(24)26)25-12-14-3-5-15(6-4-14)16-7-9-17(10-8-16)20(21,22)23/h3-10,13,18,25H,11-12H2,1-2H3,(H2,24,26). The molecule has 3 nitrogen and oxygen atoms in total. The lowest BCUT2D eigenvalue weighted by atomic mass is 10.0. The minimum absolute atomic E-state index is 0.349. The zero-order chi connectivity index (χ0) is 19.3. The summed E-state index contributed by atoms with van der Waals surface area (Å²) in [7, 11) is 0. The predicted octanol–water partition coefficient (Wildman–Crippen LogP) is 4.36. The average molecular weight is 364 g/mol. The summed E-state index contributed by atoms with van der Waals surface area (Å²) in [6, 6.07) is 12.2. The highest BCUT2D eigenvalue weighted by Gasteiger charge is 2.29. The first kappa shape index (κ1) is 20.0. The van der Waals surface area contributed by atoms with E-state index in [9.17, 15) is 18.0 Å².